The van der Waals surface area contributed by atoms with E-state index in [9.17, 15) is 19.5 Å². The molecule has 2 rings (SSSR count). The van der Waals surface area contributed by atoms with E-state index in [1.165, 1.54) is 18.1 Å². The normalized spacial score (nSPS) is 17.7. The predicted octanol–water partition coefficient (Wildman–Crippen LogP) is 0.820. The van der Waals surface area contributed by atoms with Gasteiger partial charge in [0, 0.05) is 13.0 Å². The fourth-order valence-corrected chi connectivity index (χ4v) is 2.70. The van der Waals surface area contributed by atoms with Crippen LogP contribution in [0.25, 0.3) is 0 Å². The third-order valence-corrected chi connectivity index (χ3v) is 4.01. The van der Waals surface area contributed by atoms with E-state index in [0.717, 1.165) is 0 Å². The lowest BCUT2D eigenvalue weighted by Gasteiger charge is -2.20. The van der Waals surface area contributed by atoms with E-state index in [1.807, 2.05) is 0 Å². The fraction of sp³-hybridized carbons (Fsp3) is 0.389. The van der Waals surface area contributed by atoms with Crippen molar-refractivity contribution in [3.8, 4) is 5.75 Å². The van der Waals surface area contributed by atoms with Crippen molar-refractivity contribution in [1.82, 2.24) is 5.32 Å². The minimum Gasteiger partial charge on any atom is -0.495 e. The number of carbonyl (C=O) groups is 3. The van der Waals surface area contributed by atoms with E-state index in [0.29, 0.717) is 11.4 Å². The first kappa shape index (κ1) is 19.5. The summed E-state index contributed by atoms with van der Waals surface area (Å²) in [5.74, 6) is -2.03. The van der Waals surface area contributed by atoms with Gasteiger partial charge in [-0.1, -0.05) is 18.2 Å². The molecule has 1 aliphatic rings. The number of hydrogen-bond acceptors (Lipinski definition) is 5. The number of benzene rings is 1. The minimum absolute atomic E-state index is 0.00371. The second kappa shape index (κ2) is 9.00. The average molecular weight is 362 g/mol. The molecular formula is C18H22N2O6. The Kier molecular flexibility index (Phi) is 6.74. The number of carboxylic acid groups (broad SMARTS) is 1. The molecule has 8 heteroatoms. The fourth-order valence-electron chi connectivity index (χ4n) is 2.70. The second-order valence-electron chi connectivity index (χ2n) is 5.80. The third-order valence-electron chi connectivity index (χ3n) is 4.01. The van der Waals surface area contributed by atoms with Crippen LogP contribution in [-0.2, 0) is 19.1 Å². The van der Waals surface area contributed by atoms with Gasteiger partial charge >= 0.3 is 5.97 Å². The molecule has 1 aliphatic heterocycles. The van der Waals surface area contributed by atoms with Crippen LogP contribution in [0.1, 0.15) is 6.42 Å². The largest absolute Gasteiger partial charge is 0.495 e. The van der Waals surface area contributed by atoms with Crippen molar-refractivity contribution in [3.05, 3.63) is 36.9 Å². The molecule has 0 aliphatic carbocycles. The molecule has 1 fully saturated rings. The van der Waals surface area contributed by atoms with Gasteiger partial charge in [0.05, 0.1) is 31.9 Å². The number of anilines is 1. The first-order valence-corrected chi connectivity index (χ1v) is 8.13. The van der Waals surface area contributed by atoms with Crippen molar-refractivity contribution in [1.29, 1.82) is 0 Å². The molecule has 2 amide bonds. The Labute approximate surface area is 151 Å². The maximum Gasteiger partial charge on any atom is 0.328 e. The molecular weight excluding hydrogens is 340 g/mol. The number of carboxylic acids is 1. The van der Waals surface area contributed by atoms with Crippen molar-refractivity contribution in [2.75, 3.05) is 31.8 Å². The zero-order chi connectivity index (χ0) is 19.1. The molecule has 0 saturated carbocycles. The highest BCUT2D eigenvalue weighted by Crippen LogP contribution is 2.32. The highest BCUT2D eigenvalue weighted by molar-refractivity contribution is 6.01. The van der Waals surface area contributed by atoms with E-state index in [-0.39, 0.29) is 32.1 Å². The number of ether oxygens (including phenoxy) is 2. The molecule has 2 N–H and O–H groups in total. The van der Waals surface area contributed by atoms with Gasteiger partial charge in [0.25, 0.3) is 0 Å². The van der Waals surface area contributed by atoms with Crippen molar-refractivity contribution >= 4 is 23.5 Å². The Bertz CT molecular complexity index is 690. The van der Waals surface area contributed by atoms with E-state index in [2.05, 4.69) is 11.9 Å². The highest BCUT2D eigenvalue weighted by Gasteiger charge is 2.37. The summed E-state index contributed by atoms with van der Waals surface area (Å²) >= 11 is 0. The van der Waals surface area contributed by atoms with Crippen LogP contribution >= 0.6 is 0 Å². The zero-order valence-corrected chi connectivity index (χ0v) is 14.5. The number of nitrogens with one attached hydrogen (secondary N) is 1. The maximum absolute atomic E-state index is 12.4. The number of rotatable bonds is 9. The topological polar surface area (TPSA) is 105 Å². The van der Waals surface area contributed by atoms with Gasteiger partial charge < -0.3 is 24.8 Å². The molecule has 2 atom stereocenters. The predicted molar refractivity (Wildman–Crippen MR) is 94.0 cm³/mol. The average Bonchev–Trinajstić information content (AvgIpc) is 3.02. The first-order valence-electron chi connectivity index (χ1n) is 8.13. The second-order valence-corrected chi connectivity index (χ2v) is 5.80. The number of aliphatic carboxylic acids is 1. The summed E-state index contributed by atoms with van der Waals surface area (Å²) in [6, 6.07) is 5.84. The van der Waals surface area contributed by atoms with Crippen LogP contribution in [0.15, 0.2) is 36.9 Å². The third kappa shape index (κ3) is 4.60. The first-order chi connectivity index (χ1) is 12.5. The lowest BCUT2D eigenvalue weighted by atomic mass is 10.1. The maximum atomic E-state index is 12.4. The Morgan fingerprint density at radius 2 is 2.19 bits per heavy atom. The number of para-hydroxylation sites is 2. The minimum atomic E-state index is -1.20. The Hall–Kier alpha value is -2.87. The van der Waals surface area contributed by atoms with E-state index >= 15 is 0 Å². The molecule has 1 saturated heterocycles. The van der Waals surface area contributed by atoms with Crippen molar-refractivity contribution in [3.63, 3.8) is 0 Å². The lowest BCUT2D eigenvalue weighted by molar-refractivity contribution is -0.144. The van der Waals surface area contributed by atoms with E-state index in [1.54, 1.807) is 24.3 Å². The van der Waals surface area contributed by atoms with Gasteiger partial charge in [-0.3, -0.25) is 9.59 Å². The summed E-state index contributed by atoms with van der Waals surface area (Å²) in [5, 5.41) is 11.6. The molecule has 0 bridgehead atoms. The SMILES string of the molecule is C=CCOCC(NC(=O)C1CC(=O)N(c2ccccc2OC)C1)C(=O)O. The monoisotopic (exact) mass is 362 g/mol. The smallest absolute Gasteiger partial charge is 0.328 e. The van der Waals surface area contributed by atoms with Crippen molar-refractivity contribution in [2.24, 2.45) is 5.92 Å². The van der Waals surface area contributed by atoms with Gasteiger partial charge in [0.15, 0.2) is 6.04 Å². The van der Waals surface area contributed by atoms with Crippen LogP contribution in [0.2, 0.25) is 0 Å². The molecule has 1 heterocycles. The van der Waals surface area contributed by atoms with Gasteiger partial charge in [-0.15, -0.1) is 6.58 Å². The molecule has 1 aromatic carbocycles. The van der Waals surface area contributed by atoms with Crippen LogP contribution in [-0.4, -0.2) is 55.8 Å². The van der Waals surface area contributed by atoms with Crippen LogP contribution in [0, 0.1) is 5.92 Å². The van der Waals surface area contributed by atoms with Crippen LogP contribution in [0.3, 0.4) is 0 Å². The highest BCUT2D eigenvalue weighted by atomic mass is 16.5. The zero-order valence-electron chi connectivity index (χ0n) is 14.5. The Balaban J connectivity index is 2.03. The van der Waals surface area contributed by atoms with Gasteiger partial charge in [0.1, 0.15) is 5.75 Å². The quantitative estimate of drug-likeness (QED) is 0.498. The molecule has 2 unspecified atom stereocenters. The van der Waals surface area contributed by atoms with E-state index < -0.39 is 23.8 Å². The summed E-state index contributed by atoms with van der Waals surface area (Å²) in [6.45, 7) is 3.64. The number of carbonyl (C=O) groups excluding carboxylic acids is 2. The molecule has 8 nitrogen and oxygen atoms in total. The molecule has 0 spiro atoms. The van der Waals surface area contributed by atoms with Crippen LogP contribution in [0.5, 0.6) is 5.75 Å². The van der Waals surface area contributed by atoms with Gasteiger partial charge in [-0.2, -0.15) is 0 Å². The molecule has 1 aromatic rings. The molecule has 140 valence electrons. The van der Waals surface area contributed by atoms with Gasteiger partial charge in [-0.25, -0.2) is 4.79 Å². The summed E-state index contributed by atoms with van der Waals surface area (Å²) < 4.78 is 10.4. The molecule has 0 aromatic heterocycles. The van der Waals surface area contributed by atoms with Crippen LogP contribution < -0.4 is 15.0 Å². The van der Waals surface area contributed by atoms with Crippen molar-refractivity contribution in [2.45, 2.75) is 12.5 Å². The summed E-state index contributed by atoms with van der Waals surface area (Å²) in [6.07, 6.45) is 1.49. The Morgan fingerprint density at radius 1 is 1.46 bits per heavy atom. The summed E-state index contributed by atoms with van der Waals surface area (Å²) in [4.78, 5) is 37.5. The lowest BCUT2D eigenvalue weighted by Crippen LogP contribution is -2.46. The van der Waals surface area contributed by atoms with Crippen LogP contribution in [0.4, 0.5) is 5.69 Å². The standard InChI is InChI=1S/C18H22N2O6/c1-3-8-26-11-13(18(23)24)19-17(22)12-9-16(21)20(10-12)14-6-4-5-7-15(14)25-2/h3-7,12-13H,1,8-11H2,2H3,(H,19,22)(H,23,24). The van der Waals surface area contributed by atoms with Crippen molar-refractivity contribution < 1.29 is 29.0 Å². The number of amides is 2. The number of methoxy groups -OCH3 is 1. The summed E-state index contributed by atoms with van der Waals surface area (Å²) in [7, 11) is 1.50. The molecule has 26 heavy (non-hydrogen) atoms. The van der Waals surface area contributed by atoms with E-state index in [4.69, 9.17) is 9.47 Å². The Morgan fingerprint density at radius 3 is 2.85 bits per heavy atom. The summed E-state index contributed by atoms with van der Waals surface area (Å²) in [5.41, 5.74) is 0.583. The number of hydrogen-bond donors (Lipinski definition) is 2. The number of nitrogens with zero attached hydrogens (tertiary/aromatic N) is 1. The van der Waals surface area contributed by atoms with Gasteiger partial charge in [0.2, 0.25) is 11.8 Å². The molecule has 0 radical (unpaired) electrons. The van der Waals surface area contributed by atoms with Gasteiger partial charge in [-0.05, 0) is 12.1 Å².